The highest BCUT2D eigenvalue weighted by Gasteiger charge is 2.12. The van der Waals surface area contributed by atoms with Crippen LogP contribution in [0.15, 0.2) is 10.2 Å². The second-order valence-corrected chi connectivity index (χ2v) is 3.40. The van der Waals surface area contributed by atoms with Gasteiger partial charge in [0.1, 0.15) is 0 Å². The van der Waals surface area contributed by atoms with Crippen molar-refractivity contribution in [2.75, 3.05) is 13.1 Å². The summed E-state index contributed by atoms with van der Waals surface area (Å²) in [5.74, 6) is -2.06. The Morgan fingerprint density at radius 1 is 1.00 bits per heavy atom. The van der Waals surface area contributed by atoms with Gasteiger partial charge in [0, 0.05) is 0 Å². The molecule has 0 aliphatic heterocycles. The maximum atomic E-state index is 10.8. The van der Waals surface area contributed by atoms with Crippen molar-refractivity contribution in [3.05, 3.63) is 0 Å². The number of nitrogens with zero attached hydrogens (tertiary/aromatic N) is 2. The Bertz CT molecular complexity index is 243. The number of nitrogens with one attached hydrogen (secondary N) is 2. The molecule has 2 amide bonds. The van der Waals surface area contributed by atoms with E-state index >= 15 is 0 Å². The molecule has 8 heteroatoms. The molecule has 0 heterocycles. The zero-order chi connectivity index (χ0) is 12.6. The first-order valence-electron chi connectivity index (χ1n) is 4.74. The van der Waals surface area contributed by atoms with E-state index in [-0.39, 0.29) is 13.1 Å². The molecule has 16 heavy (non-hydrogen) atoms. The summed E-state index contributed by atoms with van der Waals surface area (Å²) in [5, 5.41) is 24.0. The van der Waals surface area contributed by atoms with Crippen molar-refractivity contribution in [1.82, 2.24) is 11.0 Å². The third-order valence-corrected chi connectivity index (χ3v) is 1.93. The largest absolute Gasteiger partial charge is 0.289 e. The average molecular weight is 232 g/mol. The number of carbonyl (C=O) groups excluding carboxylic acids is 2. The molecular formula is C8H16N4O4. The summed E-state index contributed by atoms with van der Waals surface area (Å²) in [5.41, 5.74) is 3.01. The number of hydroxylamine groups is 2. The topological polar surface area (TPSA) is 123 Å². The highest BCUT2D eigenvalue weighted by Crippen LogP contribution is 1.99. The number of rotatable bonds is 6. The van der Waals surface area contributed by atoms with E-state index in [4.69, 9.17) is 10.4 Å². The van der Waals surface area contributed by atoms with Crippen LogP contribution in [0.4, 0.5) is 0 Å². The molecule has 0 aromatic heterocycles. The zero-order valence-electron chi connectivity index (χ0n) is 9.17. The standard InChI is InChI=1S/C8H16N4O4/c1-5(7(13)11-15)3-9-10-4-6(2)8(14)12-16/h5-6,15-16H,3-4H2,1-2H3,(H,11,13)(H,12,14). The fourth-order valence-electron chi connectivity index (χ4n) is 0.747. The summed E-state index contributed by atoms with van der Waals surface area (Å²) < 4.78 is 0. The summed E-state index contributed by atoms with van der Waals surface area (Å²) >= 11 is 0. The van der Waals surface area contributed by atoms with Gasteiger partial charge < -0.3 is 0 Å². The molecule has 2 unspecified atom stereocenters. The normalized spacial score (nSPS) is 14.5. The third-order valence-electron chi connectivity index (χ3n) is 1.93. The smallest absolute Gasteiger partial charge is 0.248 e. The van der Waals surface area contributed by atoms with Crippen LogP contribution in [0.2, 0.25) is 0 Å². The van der Waals surface area contributed by atoms with Gasteiger partial charge in [0.2, 0.25) is 11.8 Å². The monoisotopic (exact) mass is 232 g/mol. The van der Waals surface area contributed by atoms with Gasteiger partial charge in [-0.05, 0) is 0 Å². The Hall–Kier alpha value is -1.54. The lowest BCUT2D eigenvalue weighted by Crippen LogP contribution is -2.28. The average Bonchev–Trinajstić information content (AvgIpc) is 2.31. The van der Waals surface area contributed by atoms with Gasteiger partial charge in [-0.1, -0.05) is 13.8 Å². The summed E-state index contributed by atoms with van der Waals surface area (Å²) in [4.78, 5) is 21.7. The maximum Gasteiger partial charge on any atom is 0.248 e. The highest BCUT2D eigenvalue weighted by molar-refractivity contribution is 5.77. The van der Waals surface area contributed by atoms with Crippen molar-refractivity contribution in [3.8, 4) is 0 Å². The predicted molar refractivity (Wildman–Crippen MR) is 52.8 cm³/mol. The number of hydrogen-bond acceptors (Lipinski definition) is 6. The minimum atomic E-state index is -0.542. The van der Waals surface area contributed by atoms with Crippen LogP contribution in [0.25, 0.3) is 0 Å². The van der Waals surface area contributed by atoms with Gasteiger partial charge in [-0.15, -0.1) is 0 Å². The van der Waals surface area contributed by atoms with Crippen LogP contribution in [0.1, 0.15) is 13.8 Å². The van der Waals surface area contributed by atoms with Gasteiger partial charge in [0.05, 0.1) is 24.9 Å². The molecule has 0 fully saturated rings. The van der Waals surface area contributed by atoms with E-state index in [9.17, 15) is 9.59 Å². The fourth-order valence-corrected chi connectivity index (χ4v) is 0.747. The van der Waals surface area contributed by atoms with Crippen LogP contribution in [0.5, 0.6) is 0 Å². The van der Waals surface area contributed by atoms with Crippen molar-refractivity contribution >= 4 is 11.8 Å². The molecule has 0 spiro atoms. The van der Waals surface area contributed by atoms with Crippen molar-refractivity contribution in [3.63, 3.8) is 0 Å². The van der Waals surface area contributed by atoms with E-state index in [1.165, 1.54) is 11.0 Å². The third kappa shape index (κ3) is 5.37. The highest BCUT2D eigenvalue weighted by atomic mass is 16.5. The van der Waals surface area contributed by atoms with Crippen LogP contribution in [-0.2, 0) is 9.59 Å². The molecule has 8 nitrogen and oxygen atoms in total. The van der Waals surface area contributed by atoms with E-state index in [0.29, 0.717) is 0 Å². The van der Waals surface area contributed by atoms with Gasteiger partial charge in [-0.2, -0.15) is 10.2 Å². The van der Waals surface area contributed by atoms with Crippen LogP contribution < -0.4 is 11.0 Å². The van der Waals surface area contributed by atoms with Crippen molar-refractivity contribution in [1.29, 1.82) is 0 Å². The first-order valence-corrected chi connectivity index (χ1v) is 4.74. The summed E-state index contributed by atoms with van der Waals surface area (Å²) in [6, 6.07) is 0. The fraction of sp³-hybridized carbons (Fsp3) is 0.750. The van der Waals surface area contributed by atoms with Gasteiger partial charge in [0.15, 0.2) is 0 Å². The molecule has 0 saturated carbocycles. The minimum absolute atomic E-state index is 0.125. The van der Waals surface area contributed by atoms with E-state index in [2.05, 4.69) is 10.2 Å². The number of amides is 2. The number of carbonyl (C=O) groups is 2. The predicted octanol–water partition coefficient (Wildman–Crippen LogP) is -0.278. The number of hydrogen-bond donors (Lipinski definition) is 4. The first-order chi connectivity index (χ1) is 7.52. The van der Waals surface area contributed by atoms with Crippen LogP contribution in [-0.4, -0.2) is 35.3 Å². The Morgan fingerprint density at radius 3 is 1.56 bits per heavy atom. The van der Waals surface area contributed by atoms with Crippen molar-refractivity contribution in [2.45, 2.75) is 13.8 Å². The first kappa shape index (κ1) is 14.5. The van der Waals surface area contributed by atoms with Crippen molar-refractivity contribution < 1.29 is 20.0 Å². The zero-order valence-corrected chi connectivity index (χ0v) is 9.17. The molecule has 2 atom stereocenters. The molecule has 0 aromatic rings. The summed E-state index contributed by atoms with van der Waals surface area (Å²) in [6.07, 6.45) is 0. The van der Waals surface area contributed by atoms with Crippen LogP contribution in [0.3, 0.4) is 0 Å². The Labute approximate surface area is 92.7 Å². The molecule has 0 rings (SSSR count). The lowest BCUT2D eigenvalue weighted by Gasteiger charge is -2.05. The second kappa shape index (κ2) is 7.71. The van der Waals surface area contributed by atoms with Gasteiger partial charge in [-0.25, -0.2) is 11.0 Å². The van der Waals surface area contributed by atoms with E-state index < -0.39 is 23.7 Å². The van der Waals surface area contributed by atoms with Gasteiger partial charge in [0.25, 0.3) is 0 Å². The van der Waals surface area contributed by atoms with E-state index in [0.717, 1.165) is 0 Å². The maximum absolute atomic E-state index is 10.8. The molecule has 0 aliphatic rings. The van der Waals surface area contributed by atoms with E-state index in [1.807, 2.05) is 0 Å². The van der Waals surface area contributed by atoms with E-state index in [1.54, 1.807) is 13.8 Å². The summed E-state index contributed by atoms with van der Waals surface area (Å²) in [6.45, 7) is 3.41. The minimum Gasteiger partial charge on any atom is -0.289 e. The molecule has 0 aromatic carbocycles. The van der Waals surface area contributed by atoms with Gasteiger partial charge >= 0.3 is 0 Å². The molecule has 0 radical (unpaired) electrons. The Morgan fingerprint density at radius 2 is 1.31 bits per heavy atom. The second-order valence-electron chi connectivity index (χ2n) is 3.40. The molecule has 0 bridgehead atoms. The molecule has 0 aliphatic carbocycles. The molecule has 0 saturated heterocycles. The molecular weight excluding hydrogens is 216 g/mol. The van der Waals surface area contributed by atoms with Gasteiger partial charge in [-0.3, -0.25) is 20.0 Å². The Balaban J connectivity index is 3.86. The SMILES string of the molecule is CC(CN=NCC(C)C(=O)NO)C(=O)NO. The molecule has 4 N–H and O–H groups in total. The number of azo groups is 1. The summed E-state index contributed by atoms with van der Waals surface area (Å²) in [7, 11) is 0. The van der Waals surface area contributed by atoms with Crippen LogP contribution in [0, 0.1) is 11.8 Å². The lowest BCUT2D eigenvalue weighted by atomic mass is 10.2. The molecule has 92 valence electrons. The Kier molecular flexibility index (Phi) is 6.97. The van der Waals surface area contributed by atoms with Crippen molar-refractivity contribution in [2.24, 2.45) is 22.1 Å². The quantitative estimate of drug-likeness (QED) is 0.285. The lowest BCUT2D eigenvalue weighted by molar-refractivity contribution is -0.133. The van der Waals surface area contributed by atoms with Crippen LogP contribution >= 0.6 is 0 Å².